The molecule has 0 spiro atoms. The lowest BCUT2D eigenvalue weighted by atomic mass is 10.3. The SMILES string of the molecule is C1=C[C@@H](n2cnc3ccccc32)OCC1. The molecule has 0 bridgehead atoms. The summed E-state index contributed by atoms with van der Waals surface area (Å²) in [5, 5.41) is 0. The standard InChI is InChI=1S/C12H12N2O/c1-2-6-11-10(5-1)13-9-14(11)12-7-3-4-8-15-12/h1-3,5-7,9,12H,4,8H2/t12-/m0/s1. The molecule has 1 atom stereocenters. The van der Waals surface area contributed by atoms with Crippen LogP contribution in [0.3, 0.4) is 0 Å². The summed E-state index contributed by atoms with van der Waals surface area (Å²) in [7, 11) is 0. The first-order valence-corrected chi connectivity index (χ1v) is 5.15. The smallest absolute Gasteiger partial charge is 0.154 e. The third-order valence-electron chi connectivity index (χ3n) is 2.63. The Bertz CT molecular complexity index is 501. The summed E-state index contributed by atoms with van der Waals surface area (Å²) >= 11 is 0. The number of fused-ring (bicyclic) bond motifs is 1. The van der Waals surface area contributed by atoms with Gasteiger partial charge in [-0.1, -0.05) is 18.2 Å². The predicted molar refractivity (Wildman–Crippen MR) is 58.5 cm³/mol. The van der Waals surface area contributed by atoms with Crippen LogP contribution in [-0.4, -0.2) is 16.2 Å². The Labute approximate surface area is 88.0 Å². The van der Waals surface area contributed by atoms with E-state index in [0.717, 1.165) is 24.1 Å². The molecule has 3 nitrogen and oxygen atoms in total. The van der Waals surface area contributed by atoms with Crippen molar-refractivity contribution >= 4 is 11.0 Å². The van der Waals surface area contributed by atoms with E-state index in [4.69, 9.17) is 4.74 Å². The van der Waals surface area contributed by atoms with Gasteiger partial charge < -0.3 is 9.30 Å². The number of benzene rings is 1. The summed E-state index contributed by atoms with van der Waals surface area (Å²) < 4.78 is 7.73. The minimum absolute atomic E-state index is 0.00569. The zero-order valence-electron chi connectivity index (χ0n) is 8.34. The molecule has 0 aliphatic carbocycles. The molecule has 0 saturated heterocycles. The normalized spacial score (nSPS) is 20.9. The van der Waals surface area contributed by atoms with Crippen LogP contribution in [0.4, 0.5) is 0 Å². The highest BCUT2D eigenvalue weighted by Gasteiger charge is 2.12. The fraction of sp³-hybridized carbons (Fsp3) is 0.250. The second-order valence-electron chi connectivity index (χ2n) is 3.62. The second-order valence-corrected chi connectivity index (χ2v) is 3.62. The van der Waals surface area contributed by atoms with Gasteiger partial charge in [0.05, 0.1) is 24.0 Å². The first-order chi connectivity index (χ1) is 7.45. The van der Waals surface area contributed by atoms with Gasteiger partial charge in [-0.25, -0.2) is 4.98 Å². The Hall–Kier alpha value is -1.61. The van der Waals surface area contributed by atoms with Crippen molar-refractivity contribution in [3.63, 3.8) is 0 Å². The topological polar surface area (TPSA) is 27.1 Å². The minimum atomic E-state index is 0.00569. The van der Waals surface area contributed by atoms with Gasteiger partial charge in [0.25, 0.3) is 0 Å². The fourth-order valence-electron chi connectivity index (χ4n) is 1.88. The largest absolute Gasteiger partial charge is 0.354 e. The van der Waals surface area contributed by atoms with Gasteiger partial charge in [0, 0.05) is 0 Å². The number of para-hydroxylation sites is 2. The first-order valence-electron chi connectivity index (χ1n) is 5.15. The monoisotopic (exact) mass is 200 g/mol. The van der Waals surface area contributed by atoms with E-state index < -0.39 is 0 Å². The quantitative estimate of drug-likeness (QED) is 0.661. The van der Waals surface area contributed by atoms with E-state index in [1.54, 1.807) is 0 Å². The molecule has 1 aliphatic rings. The van der Waals surface area contributed by atoms with Gasteiger partial charge >= 0.3 is 0 Å². The molecule has 15 heavy (non-hydrogen) atoms. The van der Waals surface area contributed by atoms with Crippen LogP contribution in [-0.2, 0) is 4.74 Å². The van der Waals surface area contributed by atoms with Gasteiger partial charge in [-0.05, 0) is 24.6 Å². The third kappa shape index (κ3) is 1.45. The molecular formula is C12H12N2O. The molecular weight excluding hydrogens is 188 g/mol. The summed E-state index contributed by atoms with van der Waals surface area (Å²) in [6.45, 7) is 0.785. The summed E-state index contributed by atoms with van der Waals surface area (Å²) in [4.78, 5) is 4.34. The number of aromatic nitrogens is 2. The number of ether oxygens (including phenoxy) is 1. The second kappa shape index (κ2) is 3.51. The molecule has 0 amide bonds. The average Bonchev–Trinajstić information content (AvgIpc) is 2.74. The van der Waals surface area contributed by atoms with Crippen molar-refractivity contribution in [2.45, 2.75) is 12.6 Å². The van der Waals surface area contributed by atoms with Crippen LogP contribution < -0.4 is 0 Å². The maximum atomic E-state index is 5.67. The number of hydrogen-bond donors (Lipinski definition) is 0. The van der Waals surface area contributed by atoms with Gasteiger partial charge in [0.15, 0.2) is 6.23 Å². The van der Waals surface area contributed by atoms with Crippen molar-refractivity contribution in [2.75, 3.05) is 6.61 Å². The molecule has 0 unspecified atom stereocenters. The van der Waals surface area contributed by atoms with E-state index in [2.05, 4.69) is 27.8 Å². The lowest BCUT2D eigenvalue weighted by molar-refractivity contribution is 0.0348. The van der Waals surface area contributed by atoms with Crippen molar-refractivity contribution < 1.29 is 4.74 Å². The Balaban J connectivity index is 2.10. The van der Waals surface area contributed by atoms with E-state index in [1.165, 1.54) is 0 Å². The minimum Gasteiger partial charge on any atom is -0.354 e. The lowest BCUT2D eigenvalue weighted by Crippen LogP contribution is -2.13. The van der Waals surface area contributed by atoms with Crippen LogP contribution in [0.15, 0.2) is 42.7 Å². The van der Waals surface area contributed by atoms with Gasteiger partial charge in [-0.3, -0.25) is 0 Å². The Morgan fingerprint density at radius 1 is 1.33 bits per heavy atom. The zero-order chi connectivity index (χ0) is 10.1. The van der Waals surface area contributed by atoms with Crippen molar-refractivity contribution in [1.82, 2.24) is 9.55 Å². The first kappa shape index (κ1) is 8.68. The van der Waals surface area contributed by atoms with Crippen molar-refractivity contribution in [1.29, 1.82) is 0 Å². The van der Waals surface area contributed by atoms with Crippen molar-refractivity contribution in [3.05, 3.63) is 42.7 Å². The maximum Gasteiger partial charge on any atom is 0.154 e. The van der Waals surface area contributed by atoms with E-state index in [0.29, 0.717) is 0 Å². The average molecular weight is 200 g/mol. The Kier molecular flexibility index (Phi) is 2.03. The summed E-state index contributed by atoms with van der Waals surface area (Å²) in [6, 6.07) is 8.09. The van der Waals surface area contributed by atoms with Gasteiger partial charge in [0.2, 0.25) is 0 Å². The van der Waals surface area contributed by atoms with Gasteiger partial charge in [-0.15, -0.1) is 0 Å². The zero-order valence-corrected chi connectivity index (χ0v) is 8.34. The number of hydrogen-bond acceptors (Lipinski definition) is 2. The summed E-state index contributed by atoms with van der Waals surface area (Å²) in [5.41, 5.74) is 2.13. The molecule has 0 fully saturated rings. The van der Waals surface area contributed by atoms with Crippen LogP contribution >= 0.6 is 0 Å². The number of imidazole rings is 1. The highest BCUT2D eigenvalue weighted by molar-refractivity contribution is 5.75. The lowest BCUT2D eigenvalue weighted by Gasteiger charge is -2.19. The molecule has 2 heterocycles. The van der Waals surface area contributed by atoms with E-state index in [1.807, 2.05) is 24.5 Å². The fourth-order valence-corrected chi connectivity index (χ4v) is 1.88. The van der Waals surface area contributed by atoms with Crippen molar-refractivity contribution in [2.24, 2.45) is 0 Å². The highest BCUT2D eigenvalue weighted by Crippen LogP contribution is 2.21. The Morgan fingerprint density at radius 2 is 2.27 bits per heavy atom. The number of nitrogens with zero attached hydrogens (tertiary/aromatic N) is 2. The van der Waals surface area contributed by atoms with Gasteiger partial charge in [-0.2, -0.15) is 0 Å². The molecule has 1 aromatic heterocycles. The molecule has 1 aliphatic heterocycles. The van der Waals surface area contributed by atoms with Gasteiger partial charge in [0.1, 0.15) is 0 Å². The molecule has 2 aromatic rings. The molecule has 1 aromatic carbocycles. The Morgan fingerprint density at radius 3 is 3.13 bits per heavy atom. The van der Waals surface area contributed by atoms with E-state index >= 15 is 0 Å². The molecule has 0 saturated carbocycles. The van der Waals surface area contributed by atoms with Crippen LogP contribution in [0.25, 0.3) is 11.0 Å². The van der Waals surface area contributed by atoms with E-state index in [-0.39, 0.29) is 6.23 Å². The summed E-state index contributed by atoms with van der Waals surface area (Å²) in [5.74, 6) is 0. The van der Waals surface area contributed by atoms with Crippen LogP contribution in [0.1, 0.15) is 12.6 Å². The molecule has 0 radical (unpaired) electrons. The molecule has 0 N–H and O–H groups in total. The van der Waals surface area contributed by atoms with Crippen LogP contribution in [0.2, 0.25) is 0 Å². The third-order valence-corrected chi connectivity index (χ3v) is 2.63. The van der Waals surface area contributed by atoms with Crippen LogP contribution in [0.5, 0.6) is 0 Å². The van der Waals surface area contributed by atoms with Crippen molar-refractivity contribution in [3.8, 4) is 0 Å². The highest BCUT2D eigenvalue weighted by atomic mass is 16.5. The maximum absolute atomic E-state index is 5.67. The van der Waals surface area contributed by atoms with Crippen LogP contribution in [0, 0.1) is 0 Å². The molecule has 3 rings (SSSR count). The molecule has 3 heteroatoms. The predicted octanol–water partition coefficient (Wildman–Crippen LogP) is 2.51. The molecule has 76 valence electrons. The number of rotatable bonds is 1. The van der Waals surface area contributed by atoms with E-state index in [9.17, 15) is 0 Å². The summed E-state index contributed by atoms with van der Waals surface area (Å²) in [6.07, 6.45) is 7.08.